The zero-order chi connectivity index (χ0) is 12.4. The van der Waals surface area contributed by atoms with E-state index in [4.69, 9.17) is 0 Å². The lowest BCUT2D eigenvalue weighted by molar-refractivity contribution is 0.459. The summed E-state index contributed by atoms with van der Waals surface area (Å²) in [5.74, 6) is 0.384. The Kier molecular flexibility index (Phi) is 4.01. The largest absolute Gasteiger partial charge is 0.507 e. The topological polar surface area (TPSA) is 40.5 Å². The molecule has 0 unspecified atom stereocenters. The maximum atomic E-state index is 9.72. The zero-order valence-electron chi connectivity index (χ0n) is 8.52. The quantitative estimate of drug-likeness (QED) is 0.793. The molecule has 2 aromatic rings. The molecule has 0 saturated carbocycles. The van der Waals surface area contributed by atoms with Gasteiger partial charge in [0.05, 0.1) is 9.79 Å². The third-order valence-electron chi connectivity index (χ3n) is 2.06. The smallest absolute Gasteiger partial charge is 0.129 e. The van der Waals surface area contributed by atoms with Crippen LogP contribution in [0.3, 0.4) is 0 Å². The molecule has 0 aliphatic heterocycles. The molecule has 0 heterocycles. The maximum Gasteiger partial charge on any atom is 0.129 e. The van der Waals surface area contributed by atoms with Gasteiger partial charge in [0, 0.05) is 8.95 Å². The summed E-state index contributed by atoms with van der Waals surface area (Å²) in [4.78, 5) is 1.38. The number of hydrogen-bond donors (Lipinski definition) is 2. The van der Waals surface area contributed by atoms with E-state index in [0.717, 1.165) is 8.95 Å². The molecule has 88 valence electrons. The van der Waals surface area contributed by atoms with Crippen LogP contribution < -0.4 is 0 Å². The third-order valence-corrected chi connectivity index (χ3v) is 4.14. The van der Waals surface area contributed by atoms with E-state index >= 15 is 0 Å². The number of rotatable bonds is 2. The van der Waals surface area contributed by atoms with Gasteiger partial charge in [-0.05, 0) is 36.4 Å². The first kappa shape index (κ1) is 12.8. The first-order valence-electron chi connectivity index (χ1n) is 4.71. The van der Waals surface area contributed by atoms with Gasteiger partial charge in [0.2, 0.25) is 0 Å². The molecule has 0 aliphatic rings. The molecule has 17 heavy (non-hydrogen) atoms. The highest BCUT2D eigenvalue weighted by Gasteiger charge is 2.08. The summed E-state index contributed by atoms with van der Waals surface area (Å²) in [5, 5.41) is 19.4. The molecule has 0 aliphatic carbocycles. The van der Waals surface area contributed by atoms with Gasteiger partial charge in [0.25, 0.3) is 0 Å². The van der Waals surface area contributed by atoms with Crippen molar-refractivity contribution in [1.82, 2.24) is 0 Å². The van der Waals surface area contributed by atoms with E-state index in [-0.39, 0.29) is 11.5 Å². The Morgan fingerprint density at radius 2 is 1.18 bits per heavy atom. The van der Waals surface area contributed by atoms with Crippen LogP contribution in [0.5, 0.6) is 11.5 Å². The van der Waals surface area contributed by atoms with Crippen LogP contribution in [0.25, 0.3) is 0 Å². The van der Waals surface area contributed by atoms with Crippen molar-refractivity contribution >= 4 is 43.6 Å². The van der Waals surface area contributed by atoms with E-state index in [2.05, 4.69) is 31.9 Å². The second-order valence-electron chi connectivity index (χ2n) is 3.33. The first-order chi connectivity index (χ1) is 8.06. The van der Waals surface area contributed by atoms with Crippen LogP contribution in [-0.4, -0.2) is 10.2 Å². The molecular formula is C12H8Br2O2S. The molecule has 0 spiro atoms. The average Bonchev–Trinajstić information content (AvgIpc) is 2.28. The molecule has 0 atom stereocenters. The second-order valence-corrected chi connectivity index (χ2v) is 6.24. The maximum absolute atomic E-state index is 9.72. The third kappa shape index (κ3) is 3.18. The number of halogens is 2. The fraction of sp³-hybridized carbons (Fsp3) is 0. The van der Waals surface area contributed by atoms with Crippen LogP contribution in [0.15, 0.2) is 55.1 Å². The minimum Gasteiger partial charge on any atom is -0.507 e. The summed E-state index contributed by atoms with van der Waals surface area (Å²) >= 11 is 8.00. The molecule has 0 fully saturated rings. The Labute approximate surface area is 120 Å². The number of benzene rings is 2. The molecule has 2 nitrogen and oxygen atoms in total. The van der Waals surface area contributed by atoms with Crippen molar-refractivity contribution < 1.29 is 10.2 Å². The van der Waals surface area contributed by atoms with Crippen LogP contribution in [0.2, 0.25) is 0 Å². The molecule has 2 aromatic carbocycles. The van der Waals surface area contributed by atoms with Gasteiger partial charge in [-0.3, -0.25) is 0 Å². The van der Waals surface area contributed by atoms with E-state index in [1.807, 2.05) is 0 Å². The van der Waals surface area contributed by atoms with Crippen molar-refractivity contribution in [2.45, 2.75) is 9.79 Å². The lowest BCUT2D eigenvalue weighted by Gasteiger charge is -2.07. The van der Waals surface area contributed by atoms with Gasteiger partial charge in [-0.2, -0.15) is 0 Å². The normalized spacial score (nSPS) is 10.5. The standard InChI is InChI=1S/C12H8Br2O2S/c13-7-1-3-9(15)11(5-7)17-12-6-8(14)2-4-10(12)16/h1-6,15-16H. The monoisotopic (exact) mass is 374 g/mol. The Hall–Kier alpha value is -0.650. The van der Waals surface area contributed by atoms with Gasteiger partial charge in [0.15, 0.2) is 0 Å². The zero-order valence-corrected chi connectivity index (χ0v) is 12.5. The lowest BCUT2D eigenvalue weighted by atomic mass is 10.3. The highest BCUT2D eigenvalue weighted by Crippen LogP contribution is 2.40. The SMILES string of the molecule is Oc1ccc(Br)cc1Sc1cc(Br)ccc1O. The van der Waals surface area contributed by atoms with Crippen LogP contribution in [0.4, 0.5) is 0 Å². The van der Waals surface area contributed by atoms with Gasteiger partial charge in [-0.15, -0.1) is 0 Å². The summed E-state index contributed by atoms with van der Waals surface area (Å²) < 4.78 is 1.76. The molecule has 5 heteroatoms. The number of phenols is 2. The second kappa shape index (κ2) is 5.33. The summed E-state index contributed by atoms with van der Waals surface area (Å²) in [6.07, 6.45) is 0. The van der Waals surface area contributed by atoms with Crippen molar-refractivity contribution in [2.75, 3.05) is 0 Å². The summed E-state index contributed by atoms with van der Waals surface area (Å²) in [6, 6.07) is 10.4. The van der Waals surface area contributed by atoms with Gasteiger partial charge in [0.1, 0.15) is 11.5 Å². The van der Waals surface area contributed by atoms with Crippen LogP contribution in [-0.2, 0) is 0 Å². The van der Waals surface area contributed by atoms with Gasteiger partial charge >= 0.3 is 0 Å². The van der Waals surface area contributed by atoms with E-state index in [9.17, 15) is 10.2 Å². The van der Waals surface area contributed by atoms with E-state index in [0.29, 0.717) is 9.79 Å². The molecule has 0 amide bonds. The molecule has 2 N–H and O–H groups in total. The molecule has 0 aromatic heterocycles. The van der Waals surface area contributed by atoms with Crippen molar-refractivity contribution in [3.05, 3.63) is 45.3 Å². The van der Waals surface area contributed by atoms with E-state index in [1.54, 1.807) is 36.4 Å². The molecule has 0 saturated heterocycles. The molecule has 0 bridgehead atoms. The van der Waals surface area contributed by atoms with Crippen molar-refractivity contribution in [3.63, 3.8) is 0 Å². The number of aromatic hydroxyl groups is 2. The minimum absolute atomic E-state index is 0.192. The van der Waals surface area contributed by atoms with Crippen molar-refractivity contribution in [1.29, 1.82) is 0 Å². The number of phenolic OH excluding ortho intramolecular Hbond substituents is 2. The van der Waals surface area contributed by atoms with Crippen molar-refractivity contribution in [2.24, 2.45) is 0 Å². The average molecular weight is 376 g/mol. The molecule has 2 rings (SSSR count). The van der Waals surface area contributed by atoms with E-state index < -0.39 is 0 Å². The summed E-state index contributed by atoms with van der Waals surface area (Å²) in [6.45, 7) is 0. The lowest BCUT2D eigenvalue weighted by Crippen LogP contribution is -1.78. The van der Waals surface area contributed by atoms with Gasteiger partial charge < -0.3 is 10.2 Å². The first-order valence-corrected chi connectivity index (χ1v) is 7.11. The Morgan fingerprint density at radius 1 is 0.765 bits per heavy atom. The van der Waals surface area contributed by atoms with E-state index in [1.165, 1.54) is 11.8 Å². The fourth-order valence-electron chi connectivity index (χ4n) is 1.26. The van der Waals surface area contributed by atoms with Crippen LogP contribution in [0, 0.1) is 0 Å². The van der Waals surface area contributed by atoms with Crippen molar-refractivity contribution in [3.8, 4) is 11.5 Å². The highest BCUT2D eigenvalue weighted by molar-refractivity contribution is 9.10. The van der Waals surface area contributed by atoms with Gasteiger partial charge in [-0.1, -0.05) is 43.6 Å². The fourth-order valence-corrected chi connectivity index (χ4v) is 3.24. The Bertz CT molecular complexity index is 509. The predicted molar refractivity (Wildman–Crippen MR) is 75.7 cm³/mol. The summed E-state index contributed by atoms with van der Waals surface area (Å²) in [5.41, 5.74) is 0. The van der Waals surface area contributed by atoms with Crippen LogP contribution >= 0.6 is 43.6 Å². The predicted octanol–water partition coefficient (Wildman–Crippen LogP) is 4.77. The Balaban J connectivity index is 2.37. The molecule has 0 radical (unpaired) electrons. The Morgan fingerprint density at radius 3 is 1.59 bits per heavy atom. The highest BCUT2D eigenvalue weighted by atomic mass is 79.9. The number of hydrogen-bond acceptors (Lipinski definition) is 3. The summed E-state index contributed by atoms with van der Waals surface area (Å²) in [7, 11) is 0. The van der Waals surface area contributed by atoms with Crippen LogP contribution in [0.1, 0.15) is 0 Å². The minimum atomic E-state index is 0.192. The van der Waals surface area contributed by atoms with Gasteiger partial charge in [-0.25, -0.2) is 0 Å². The molecular weight excluding hydrogens is 368 g/mol.